The highest BCUT2D eigenvalue weighted by molar-refractivity contribution is 6.98. The summed E-state index contributed by atoms with van der Waals surface area (Å²) in [5.41, 5.74) is 5.89. The van der Waals surface area contributed by atoms with E-state index in [0.29, 0.717) is 0 Å². The Bertz CT molecular complexity index is 962. The van der Waals surface area contributed by atoms with Crippen LogP contribution >= 0.6 is 0 Å². The second-order valence-corrected chi connectivity index (χ2v) is 6.34. The molecule has 2 nitrogen and oxygen atoms in total. The Balaban J connectivity index is 1.88. The largest absolute Gasteiger partial charge is 0.458 e. The van der Waals surface area contributed by atoms with Gasteiger partial charge >= 0.3 is 0 Å². The molecule has 0 fully saturated rings. The molecular weight excluding hydrogens is 283 g/mol. The van der Waals surface area contributed by atoms with Gasteiger partial charge in [0.2, 0.25) is 0 Å². The predicted molar refractivity (Wildman–Crippen MR) is 93.6 cm³/mol. The van der Waals surface area contributed by atoms with Gasteiger partial charge in [0.15, 0.2) is 0 Å². The van der Waals surface area contributed by atoms with Crippen LogP contribution in [0.2, 0.25) is 0 Å². The molecule has 2 aliphatic heterocycles. The number of aryl methyl sites for hydroxylation is 2. The highest BCUT2D eigenvalue weighted by Gasteiger charge is 2.40. The molecule has 0 N–H and O–H groups in total. The van der Waals surface area contributed by atoms with Gasteiger partial charge in [-0.25, -0.2) is 0 Å². The van der Waals surface area contributed by atoms with E-state index in [2.05, 4.69) is 56.3 Å². The lowest BCUT2D eigenvalue weighted by Crippen LogP contribution is -2.57. The Hall–Kier alpha value is -2.68. The first-order valence-electron chi connectivity index (χ1n) is 7.91. The summed E-state index contributed by atoms with van der Waals surface area (Å²) in [6.07, 6.45) is 0. The molecule has 0 saturated heterocycles. The molecule has 0 atom stereocenters. The van der Waals surface area contributed by atoms with Crippen LogP contribution in [0.15, 0.2) is 54.6 Å². The maximum Gasteiger partial charge on any atom is 0.260 e. The van der Waals surface area contributed by atoms with Crippen LogP contribution in [0, 0.1) is 13.8 Å². The van der Waals surface area contributed by atoms with Gasteiger partial charge in [-0.2, -0.15) is 0 Å². The molecule has 23 heavy (non-hydrogen) atoms. The summed E-state index contributed by atoms with van der Waals surface area (Å²) < 4.78 is 12.4. The molecule has 0 radical (unpaired) electrons. The van der Waals surface area contributed by atoms with Crippen molar-refractivity contribution in [2.45, 2.75) is 13.8 Å². The summed E-state index contributed by atoms with van der Waals surface area (Å²) in [5, 5.41) is 0. The lowest BCUT2D eigenvalue weighted by molar-refractivity contribution is 0.462. The summed E-state index contributed by atoms with van der Waals surface area (Å²) in [6, 6.07) is 18.9. The molecule has 110 valence electrons. The predicted octanol–water partition coefficient (Wildman–Crippen LogP) is 3.03. The molecule has 2 heterocycles. The Morgan fingerprint density at radius 3 is 2.35 bits per heavy atom. The molecule has 0 amide bonds. The lowest BCUT2D eigenvalue weighted by Gasteiger charge is -2.33. The van der Waals surface area contributed by atoms with E-state index in [0.717, 1.165) is 34.0 Å². The first kappa shape index (κ1) is 12.8. The lowest BCUT2D eigenvalue weighted by atomic mass is 9.34. The van der Waals surface area contributed by atoms with Crippen molar-refractivity contribution in [2.75, 3.05) is 0 Å². The van der Waals surface area contributed by atoms with E-state index in [4.69, 9.17) is 9.47 Å². The zero-order valence-electron chi connectivity index (χ0n) is 13.1. The minimum atomic E-state index is 0.175. The molecule has 0 aliphatic carbocycles. The van der Waals surface area contributed by atoms with Crippen molar-refractivity contribution in [3.63, 3.8) is 0 Å². The second-order valence-electron chi connectivity index (χ2n) is 6.34. The Labute approximate surface area is 135 Å². The summed E-state index contributed by atoms with van der Waals surface area (Å²) in [4.78, 5) is 0. The molecule has 0 unspecified atom stereocenters. The van der Waals surface area contributed by atoms with Crippen molar-refractivity contribution < 1.29 is 9.47 Å². The van der Waals surface area contributed by atoms with Crippen molar-refractivity contribution in [3.8, 4) is 23.0 Å². The van der Waals surface area contributed by atoms with Crippen LogP contribution in [-0.2, 0) is 0 Å². The number of fused-ring (bicyclic) bond motifs is 4. The Morgan fingerprint density at radius 2 is 1.48 bits per heavy atom. The average Bonchev–Trinajstić information content (AvgIpc) is 2.55. The number of rotatable bonds is 0. The van der Waals surface area contributed by atoms with Crippen LogP contribution < -0.4 is 25.9 Å². The molecule has 2 aliphatic rings. The smallest absolute Gasteiger partial charge is 0.260 e. The van der Waals surface area contributed by atoms with Crippen molar-refractivity contribution in [2.24, 2.45) is 0 Å². The molecule has 5 rings (SSSR count). The first-order chi connectivity index (χ1) is 11.2. The number of para-hydroxylation sites is 2. The molecular formula is C20H15BO2. The number of hydrogen-bond donors (Lipinski definition) is 0. The molecule has 0 aromatic heterocycles. The van der Waals surface area contributed by atoms with Crippen LogP contribution in [0.1, 0.15) is 11.1 Å². The van der Waals surface area contributed by atoms with Crippen LogP contribution in [0.3, 0.4) is 0 Å². The topological polar surface area (TPSA) is 18.5 Å². The summed E-state index contributed by atoms with van der Waals surface area (Å²) in [7, 11) is 0. The van der Waals surface area contributed by atoms with Gasteiger partial charge in [0.05, 0.1) is 0 Å². The van der Waals surface area contributed by atoms with Gasteiger partial charge in [-0.15, -0.1) is 0 Å². The third-order valence-electron chi connectivity index (χ3n) is 4.75. The van der Waals surface area contributed by atoms with Gasteiger partial charge < -0.3 is 9.47 Å². The first-order valence-corrected chi connectivity index (χ1v) is 7.91. The van der Waals surface area contributed by atoms with Crippen LogP contribution in [-0.4, -0.2) is 6.71 Å². The Kier molecular flexibility index (Phi) is 2.46. The minimum Gasteiger partial charge on any atom is -0.458 e. The second kappa shape index (κ2) is 4.42. The van der Waals surface area contributed by atoms with Crippen LogP contribution in [0.25, 0.3) is 0 Å². The van der Waals surface area contributed by atoms with E-state index in [-0.39, 0.29) is 6.71 Å². The van der Waals surface area contributed by atoms with Gasteiger partial charge in [0.25, 0.3) is 6.71 Å². The quantitative estimate of drug-likeness (QED) is 0.409. The van der Waals surface area contributed by atoms with E-state index < -0.39 is 0 Å². The van der Waals surface area contributed by atoms with Crippen molar-refractivity contribution in [3.05, 3.63) is 65.7 Å². The van der Waals surface area contributed by atoms with E-state index in [1.807, 2.05) is 12.1 Å². The SMILES string of the molecule is Cc1cc2c3c(c1)Oc1c(C)cccc1B3c1ccccc1O2. The molecule has 0 bridgehead atoms. The van der Waals surface area contributed by atoms with Gasteiger partial charge in [0, 0.05) is 5.46 Å². The fourth-order valence-electron chi connectivity index (χ4n) is 3.75. The molecule has 3 aromatic carbocycles. The third kappa shape index (κ3) is 1.71. The van der Waals surface area contributed by atoms with E-state index in [9.17, 15) is 0 Å². The number of benzene rings is 3. The molecule has 3 aromatic rings. The zero-order chi connectivity index (χ0) is 15.6. The third-order valence-corrected chi connectivity index (χ3v) is 4.75. The summed E-state index contributed by atoms with van der Waals surface area (Å²) >= 11 is 0. The van der Waals surface area contributed by atoms with Crippen molar-refractivity contribution in [1.29, 1.82) is 0 Å². The monoisotopic (exact) mass is 298 g/mol. The average molecular weight is 298 g/mol. The molecule has 0 saturated carbocycles. The maximum atomic E-state index is 6.27. The molecule has 0 spiro atoms. The number of hydrogen-bond acceptors (Lipinski definition) is 2. The van der Waals surface area contributed by atoms with Gasteiger partial charge in [0.1, 0.15) is 23.0 Å². The highest BCUT2D eigenvalue weighted by atomic mass is 16.5. The minimum absolute atomic E-state index is 0.175. The normalized spacial score (nSPS) is 13.4. The zero-order valence-corrected chi connectivity index (χ0v) is 13.1. The van der Waals surface area contributed by atoms with E-state index in [1.165, 1.54) is 16.5 Å². The van der Waals surface area contributed by atoms with Crippen molar-refractivity contribution in [1.82, 2.24) is 0 Å². The standard InChI is InChI=1S/C20H15BO2/c1-12-10-17-19-18(11-12)23-20-13(2)6-5-8-15(20)21(19)14-7-3-4-9-16(14)22-17/h3-11H,1-2H3. The maximum absolute atomic E-state index is 6.27. The van der Waals surface area contributed by atoms with E-state index in [1.54, 1.807) is 0 Å². The van der Waals surface area contributed by atoms with Gasteiger partial charge in [-0.3, -0.25) is 0 Å². The summed E-state index contributed by atoms with van der Waals surface area (Å²) in [6.45, 7) is 4.35. The van der Waals surface area contributed by atoms with E-state index >= 15 is 0 Å². The Morgan fingerprint density at radius 1 is 0.739 bits per heavy atom. The van der Waals surface area contributed by atoms with Crippen LogP contribution in [0.4, 0.5) is 0 Å². The van der Waals surface area contributed by atoms with Gasteiger partial charge in [-0.1, -0.05) is 36.4 Å². The fourth-order valence-corrected chi connectivity index (χ4v) is 3.75. The van der Waals surface area contributed by atoms with Gasteiger partial charge in [-0.05, 0) is 54.1 Å². The number of ether oxygens (including phenoxy) is 2. The summed E-state index contributed by atoms with van der Waals surface area (Å²) in [5.74, 6) is 3.76. The van der Waals surface area contributed by atoms with Crippen molar-refractivity contribution >= 4 is 23.1 Å². The highest BCUT2D eigenvalue weighted by Crippen LogP contribution is 2.36. The molecule has 3 heteroatoms. The van der Waals surface area contributed by atoms with Crippen LogP contribution in [0.5, 0.6) is 23.0 Å². The fraction of sp³-hybridized carbons (Fsp3) is 0.100.